The molecule has 8 unspecified atom stereocenters. The van der Waals surface area contributed by atoms with Crippen molar-refractivity contribution >= 4 is 17.9 Å². The quantitative estimate of drug-likeness (QED) is 0.458. The van der Waals surface area contributed by atoms with E-state index in [1.54, 1.807) is 7.11 Å². The van der Waals surface area contributed by atoms with E-state index in [0.29, 0.717) is 24.2 Å². The molecule has 0 spiro atoms. The van der Waals surface area contributed by atoms with Crippen LogP contribution in [0, 0.1) is 34.5 Å². The maximum Gasteiger partial charge on any atom is 0.302 e. The molecule has 4 aliphatic carbocycles. The van der Waals surface area contributed by atoms with Gasteiger partial charge in [0.15, 0.2) is 0 Å². The van der Waals surface area contributed by atoms with Crippen LogP contribution in [0.2, 0.25) is 0 Å². The Hall–Kier alpha value is -1.63. The van der Waals surface area contributed by atoms with Crippen LogP contribution in [0.3, 0.4) is 0 Å². The number of esters is 3. The highest BCUT2D eigenvalue weighted by Gasteiger charge is 2.68. The first-order valence-electron chi connectivity index (χ1n) is 12.5. The summed E-state index contributed by atoms with van der Waals surface area (Å²) in [5, 5.41) is 0. The minimum atomic E-state index is -0.403. The Kier molecular flexibility index (Phi) is 6.58. The summed E-state index contributed by atoms with van der Waals surface area (Å²) in [5.74, 6) is 0.515. The molecule has 4 aliphatic rings. The lowest BCUT2D eigenvalue weighted by molar-refractivity contribution is -0.212. The third-order valence-electron chi connectivity index (χ3n) is 9.82. The second-order valence-electron chi connectivity index (χ2n) is 11.4. The molecule has 7 heteroatoms. The molecule has 10 atom stereocenters. The molecule has 0 aliphatic heterocycles. The highest BCUT2D eigenvalue weighted by atomic mass is 16.6. The minimum Gasteiger partial charge on any atom is -0.463 e. The van der Waals surface area contributed by atoms with Crippen molar-refractivity contribution in [1.29, 1.82) is 0 Å². The zero-order valence-electron chi connectivity index (χ0n) is 20.9. The average Bonchev–Trinajstić information content (AvgIpc) is 3.00. The molecule has 0 aromatic heterocycles. The summed E-state index contributed by atoms with van der Waals surface area (Å²) >= 11 is 0. The Labute approximate surface area is 197 Å². The summed E-state index contributed by atoms with van der Waals surface area (Å²) < 4.78 is 23.4. The molecule has 4 rings (SSSR count). The number of hydrogen-bond acceptors (Lipinski definition) is 7. The van der Waals surface area contributed by atoms with Gasteiger partial charge in [-0.15, -0.1) is 0 Å². The number of carbonyl (C=O) groups excluding carboxylic acids is 3. The van der Waals surface area contributed by atoms with Crippen LogP contribution in [0.25, 0.3) is 0 Å². The molecule has 0 amide bonds. The van der Waals surface area contributed by atoms with E-state index >= 15 is 0 Å². The molecule has 7 nitrogen and oxygen atoms in total. The van der Waals surface area contributed by atoms with Gasteiger partial charge in [0.1, 0.15) is 18.3 Å². The van der Waals surface area contributed by atoms with Crippen molar-refractivity contribution in [2.75, 3.05) is 7.11 Å². The van der Waals surface area contributed by atoms with Gasteiger partial charge in [0, 0.05) is 45.6 Å². The largest absolute Gasteiger partial charge is 0.463 e. The first-order valence-corrected chi connectivity index (χ1v) is 12.5. The zero-order valence-corrected chi connectivity index (χ0v) is 20.9. The Balaban J connectivity index is 1.69. The second-order valence-corrected chi connectivity index (χ2v) is 11.4. The van der Waals surface area contributed by atoms with Gasteiger partial charge in [-0.2, -0.15) is 0 Å². The summed E-state index contributed by atoms with van der Waals surface area (Å²) in [6.07, 6.45) is 5.63. The molecule has 0 aromatic carbocycles. The lowest BCUT2D eigenvalue weighted by Crippen LogP contribution is -2.61. The average molecular weight is 465 g/mol. The van der Waals surface area contributed by atoms with Crippen LogP contribution in [0.1, 0.15) is 79.6 Å². The fourth-order valence-corrected chi connectivity index (χ4v) is 8.55. The number of fused-ring (bicyclic) bond motifs is 5. The highest BCUT2D eigenvalue weighted by Crippen LogP contribution is 2.67. The van der Waals surface area contributed by atoms with E-state index in [1.807, 2.05) is 0 Å². The van der Waals surface area contributed by atoms with Crippen LogP contribution in [-0.2, 0) is 33.3 Å². The van der Waals surface area contributed by atoms with Crippen LogP contribution in [-0.4, -0.2) is 49.4 Å². The number of carbonyl (C=O) groups is 3. The predicted molar refractivity (Wildman–Crippen MR) is 120 cm³/mol. The summed E-state index contributed by atoms with van der Waals surface area (Å²) in [7, 11) is 1.70. The van der Waals surface area contributed by atoms with Gasteiger partial charge in [-0.05, 0) is 61.7 Å². The maximum absolute atomic E-state index is 12.2. The fraction of sp³-hybridized carbons (Fsp3) is 0.885. The first kappa shape index (κ1) is 24.5. The van der Waals surface area contributed by atoms with Gasteiger partial charge < -0.3 is 18.9 Å². The second kappa shape index (κ2) is 8.86. The maximum atomic E-state index is 12.2. The lowest BCUT2D eigenvalue weighted by atomic mass is 9.44. The standard InChI is InChI=1S/C26H40O7/c1-14(27)31-18-9-10-25(4)17(11-18)7-8-19-20(25)12-23(33-16(3)29)26(5)22(30-6)13-21(24(19)26)32-15(2)28/h17-24H,7-13H2,1-6H3/t17-,18?,19?,20?,21-,22?,23?,24?,25?,26?/m0/s1. The fourth-order valence-electron chi connectivity index (χ4n) is 8.55. The van der Waals surface area contributed by atoms with E-state index in [9.17, 15) is 14.4 Å². The third kappa shape index (κ3) is 4.08. The van der Waals surface area contributed by atoms with Gasteiger partial charge in [0.25, 0.3) is 0 Å². The van der Waals surface area contributed by atoms with Crippen LogP contribution in [0.4, 0.5) is 0 Å². The molecule has 186 valence electrons. The SMILES string of the molecule is COC1C[C@H](OC(C)=O)C2C3CC[C@H]4CC(OC(C)=O)CCC4(C)C3CC(OC(C)=O)C12C. The van der Waals surface area contributed by atoms with Crippen molar-refractivity contribution in [3.05, 3.63) is 0 Å². The first-order chi connectivity index (χ1) is 15.5. The Morgan fingerprint density at radius 3 is 2.06 bits per heavy atom. The van der Waals surface area contributed by atoms with Crippen LogP contribution in [0.5, 0.6) is 0 Å². The molecule has 0 bridgehead atoms. The number of ether oxygens (including phenoxy) is 4. The molecular formula is C26H40O7. The van der Waals surface area contributed by atoms with Crippen molar-refractivity contribution in [2.24, 2.45) is 34.5 Å². The van der Waals surface area contributed by atoms with Gasteiger partial charge in [0.2, 0.25) is 0 Å². The van der Waals surface area contributed by atoms with Crippen LogP contribution < -0.4 is 0 Å². The summed E-state index contributed by atoms with van der Waals surface area (Å²) in [5.41, 5.74) is -0.328. The van der Waals surface area contributed by atoms with Crippen LogP contribution in [0.15, 0.2) is 0 Å². The van der Waals surface area contributed by atoms with E-state index in [1.165, 1.54) is 20.8 Å². The molecule has 0 saturated heterocycles. The van der Waals surface area contributed by atoms with Gasteiger partial charge >= 0.3 is 17.9 Å². The van der Waals surface area contributed by atoms with E-state index in [-0.39, 0.29) is 53.7 Å². The summed E-state index contributed by atoms with van der Waals surface area (Å²) in [6.45, 7) is 8.98. The van der Waals surface area contributed by atoms with Gasteiger partial charge in [-0.1, -0.05) is 13.8 Å². The Morgan fingerprint density at radius 1 is 0.788 bits per heavy atom. The number of methoxy groups -OCH3 is 1. The van der Waals surface area contributed by atoms with Crippen LogP contribution >= 0.6 is 0 Å². The molecule has 4 saturated carbocycles. The zero-order chi connectivity index (χ0) is 24.1. The molecule has 0 radical (unpaired) electrons. The van der Waals surface area contributed by atoms with Crippen molar-refractivity contribution in [3.63, 3.8) is 0 Å². The molecule has 4 fully saturated rings. The number of hydrogen-bond donors (Lipinski definition) is 0. The molecular weight excluding hydrogens is 424 g/mol. The molecule has 0 heterocycles. The molecule has 33 heavy (non-hydrogen) atoms. The highest BCUT2D eigenvalue weighted by molar-refractivity contribution is 5.67. The molecule has 0 aromatic rings. The Bertz CT molecular complexity index is 796. The monoisotopic (exact) mass is 464 g/mol. The van der Waals surface area contributed by atoms with E-state index in [0.717, 1.165) is 38.5 Å². The Morgan fingerprint density at radius 2 is 1.45 bits per heavy atom. The van der Waals surface area contributed by atoms with E-state index in [2.05, 4.69) is 13.8 Å². The van der Waals surface area contributed by atoms with Gasteiger partial charge in [-0.3, -0.25) is 14.4 Å². The third-order valence-corrected chi connectivity index (χ3v) is 9.82. The topological polar surface area (TPSA) is 88.1 Å². The summed E-state index contributed by atoms with van der Waals surface area (Å²) in [6, 6.07) is 0. The van der Waals surface area contributed by atoms with Crippen molar-refractivity contribution in [1.82, 2.24) is 0 Å². The number of rotatable bonds is 4. The van der Waals surface area contributed by atoms with Gasteiger partial charge in [0.05, 0.1) is 6.10 Å². The van der Waals surface area contributed by atoms with Crippen molar-refractivity contribution in [2.45, 2.75) is 104 Å². The predicted octanol–water partition coefficient (Wildman–Crippen LogP) is 4.06. The normalized spacial score (nSPS) is 46.4. The van der Waals surface area contributed by atoms with Gasteiger partial charge in [-0.25, -0.2) is 0 Å². The summed E-state index contributed by atoms with van der Waals surface area (Å²) in [4.78, 5) is 35.7. The van der Waals surface area contributed by atoms with Crippen molar-refractivity contribution < 1.29 is 33.3 Å². The van der Waals surface area contributed by atoms with Crippen molar-refractivity contribution in [3.8, 4) is 0 Å². The smallest absolute Gasteiger partial charge is 0.302 e. The lowest BCUT2D eigenvalue weighted by Gasteiger charge is -2.62. The van der Waals surface area contributed by atoms with E-state index in [4.69, 9.17) is 18.9 Å². The van der Waals surface area contributed by atoms with E-state index < -0.39 is 5.41 Å². The minimum absolute atomic E-state index is 0.00612. The molecule has 0 N–H and O–H groups in total.